The summed E-state index contributed by atoms with van der Waals surface area (Å²) in [5.41, 5.74) is 4.55. The van der Waals surface area contributed by atoms with Crippen LogP contribution in [0.15, 0.2) is 103 Å². The molecule has 3 aromatic heterocycles. The molecular formula is C29H22N6OS2. The molecule has 0 saturated heterocycles. The minimum atomic E-state index is -0.149. The molecule has 7 nitrogen and oxygen atoms in total. The second-order valence-corrected chi connectivity index (χ2v) is 10.4. The van der Waals surface area contributed by atoms with E-state index in [4.69, 9.17) is 4.98 Å². The number of aromatic nitrogens is 5. The minimum absolute atomic E-state index is 0.149. The zero-order valence-corrected chi connectivity index (χ0v) is 21.9. The predicted molar refractivity (Wildman–Crippen MR) is 155 cm³/mol. The van der Waals surface area contributed by atoms with Crippen molar-refractivity contribution in [2.24, 2.45) is 0 Å². The number of thiazole rings is 1. The number of hydrogen-bond acceptors (Lipinski definition) is 7. The average Bonchev–Trinajstić information content (AvgIpc) is 3.55. The Kier molecular flexibility index (Phi) is 6.68. The predicted octanol–water partition coefficient (Wildman–Crippen LogP) is 6.69. The normalized spacial score (nSPS) is 11.2. The Labute approximate surface area is 227 Å². The second-order valence-electron chi connectivity index (χ2n) is 8.47. The van der Waals surface area contributed by atoms with E-state index in [2.05, 4.69) is 33.1 Å². The molecule has 6 rings (SSSR count). The number of fused-ring (bicyclic) bond motifs is 2. The van der Waals surface area contributed by atoms with Crippen molar-refractivity contribution >= 4 is 55.3 Å². The Morgan fingerprint density at radius 2 is 1.71 bits per heavy atom. The first-order valence-electron chi connectivity index (χ1n) is 12.0. The van der Waals surface area contributed by atoms with E-state index in [0.717, 1.165) is 37.9 Å². The number of rotatable bonds is 8. The van der Waals surface area contributed by atoms with Crippen LogP contribution in [0.25, 0.3) is 43.8 Å². The number of anilines is 1. The molecule has 1 amide bonds. The highest BCUT2D eigenvalue weighted by Gasteiger charge is 2.19. The molecule has 0 spiro atoms. The molecule has 186 valence electrons. The van der Waals surface area contributed by atoms with Crippen LogP contribution in [0.1, 0.15) is 0 Å². The van der Waals surface area contributed by atoms with E-state index < -0.39 is 0 Å². The van der Waals surface area contributed by atoms with Crippen molar-refractivity contribution in [2.75, 3.05) is 11.1 Å². The fourth-order valence-corrected chi connectivity index (χ4v) is 5.85. The van der Waals surface area contributed by atoms with Gasteiger partial charge in [-0.1, -0.05) is 89.8 Å². The molecule has 0 saturated carbocycles. The monoisotopic (exact) mass is 534 g/mol. The highest BCUT2D eigenvalue weighted by atomic mass is 32.2. The van der Waals surface area contributed by atoms with Gasteiger partial charge in [0, 0.05) is 23.1 Å². The lowest BCUT2D eigenvalue weighted by atomic mass is 10.0. The van der Waals surface area contributed by atoms with Gasteiger partial charge in [0.05, 0.1) is 27.2 Å². The standard InChI is InChI=1S/C29H22N6OS2/c1-2-16-35-27(21-17-24(19-10-4-3-5-11-19)30-22-13-7-6-12-20(21)22)33-34-29(35)37-18-26(36)32-28-31-23-14-8-9-15-25(23)38-28/h2-15,17H,1,16,18H2,(H,31,32,36). The van der Waals surface area contributed by atoms with Crippen molar-refractivity contribution in [2.45, 2.75) is 11.7 Å². The Morgan fingerprint density at radius 3 is 2.53 bits per heavy atom. The van der Waals surface area contributed by atoms with Crippen LogP contribution in [0, 0.1) is 0 Å². The van der Waals surface area contributed by atoms with E-state index in [9.17, 15) is 4.79 Å². The third kappa shape index (κ3) is 4.81. The largest absolute Gasteiger partial charge is 0.301 e. The highest BCUT2D eigenvalue weighted by Crippen LogP contribution is 2.33. The number of nitrogens with zero attached hydrogens (tertiary/aromatic N) is 5. The van der Waals surface area contributed by atoms with Gasteiger partial charge in [-0.3, -0.25) is 9.36 Å². The number of pyridine rings is 1. The first-order chi connectivity index (χ1) is 18.7. The van der Waals surface area contributed by atoms with Gasteiger partial charge in [-0.25, -0.2) is 9.97 Å². The van der Waals surface area contributed by atoms with Gasteiger partial charge in [-0.2, -0.15) is 0 Å². The van der Waals surface area contributed by atoms with Crippen molar-refractivity contribution in [3.63, 3.8) is 0 Å². The fourth-order valence-electron chi connectivity index (χ4n) is 4.22. The molecule has 0 atom stereocenters. The average molecular weight is 535 g/mol. The quantitative estimate of drug-likeness (QED) is 0.173. The summed E-state index contributed by atoms with van der Waals surface area (Å²) in [5, 5.41) is 14.1. The van der Waals surface area contributed by atoms with E-state index in [-0.39, 0.29) is 11.7 Å². The lowest BCUT2D eigenvalue weighted by Crippen LogP contribution is -2.14. The second kappa shape index (κ2) is 10.6. The van der Waals surface area contributed by atoms with Gasteiger partial charge in [0.25, 0.3) is 0 Å². The van der Waals surface area contributed by atoms with Crippen LogP contribution < -0.4 is 5.32 Å². The molecule has 0 aliphatic carbocycles. The molecule has 3 heterocycles. The van der Waals surface area contributed by atoms with Crippen LogP contribution in [0.4, 0.5) is 5.13 Å². The number of allylic oxidation sites excluding steroid dienone is 1. The van der Waals surface area contributed by atoms with Crippen molar-refractivity contribution in [1.82, 2.24) is 24.7 Å². The molecule has 0 radical (unpaired) electrons. The van der Waals surface area contributed by atoms with Gasteiger partial charge in [-0.05, 0) is 24.3 Å². The molecule has 0 aliphatic heterocycles. The summed E-state index contributed by atoms with van der Waals surface area (Å²) in [7, 11) is 0. The summed E-state index contributed by atoms with van der Waals surface area (Å²) in [4.78, 5) is 22.1. The van der Waals surface area contributed by atoms with Gasteiger partial charge < -0.3 is 5.32 Å². The van der Waals surface area contributed by atoms with Gasteiger partial charge in [0.1, 0.15) is 0 Å². The molecule has 38 heavy (non-hydrogen) atoms. The molecule has 3 aromatic carbocycles. The topological polar surface area (TPSA) is 85.6 Å². The highest BCUT2D eigenvalue weighted by molar-refractivity contribution is 7.99. The number of thioether (sulfide) groups is 1. The molecule has 0 bridgehead atoms. The van der Waals surface area contributed by atoms with Crippen molar-refractivity contribution < 1.29 is 4.79 Å². The van der Waals surface area contributed by atoms with Gasteiger partial charge in [0.15, 0.2) is 16.1 Å². The number of carbonyl (C=O) groups is 1. The van der Waals surface area contributed by atoms with Crippen LogP contribution >= 0.6 is 23.1 Å². The first kappa shape index (κ1) is 24.0. The van der Waals surface area contributed by atoms with Gasteiger partial charge >= 0.3 is 0 Å². The van der Waals surface area contributed by atoms with Crippen LogP contribution in [0.2, 0.25) is 0 Å². The number of hydrogen-bond donors (Lipinski definition) is 1. The summed E-state index contributed by atoms with van der Waals surface area (Å²) >= 11 is 2.79. The third-order valence-electron chi connectivity index (χ3n) is 5.93. The zero-order valence-electron chi connectivity index (χ0n) is 20.2. The lowest BCUT2D eigenvalue weighted by molar-refractivity contribution is -0.113. The Balaban J connectivity index is 1.30. The van der Waals surface area contributed by atoms with Crippen LogP contribution in [0.5, 0.6) is 0 Å². The molecule has 0 aliphatic rings. The van der Waals surface area contributed by atoms with Crippen LogP contribution in [0.3, 0.4) is 0 Å². The minimum Gasteiger partial charge on any atom is -0.301 e. The Hall–Kier alpha value is -4.34. The number of para-hydroxylation sites is 2. The molecule has 1 N–H and O–H groups in total. The van der Waals surface area contributed by atoms with Crippen molar-refractivity contribution in [3.05, 3.63) is 97.6 Å². The van der Waals surface area contributed by atoms with E-state index in [1.54, 1.807) is 6.08 Å². The lowest BCUT2D eigenvalue weighted by Gasteiger charge is -2.12. The summed E-state index contributed by atoms with van der Waals surface area (Å²) < 4.78 is 3.02. The van der Waals surface area contributed by atoms with E-state index in [1.165, 1.54) is 23.1 Å². The van der Waals surface area contributed by atoms with Crippen LogP contribution in [-0.4, -0.2) is 36.4 Å². The zero-order chi connectivity index (χ0) is 25.9. The maximum absolute atomic E-state index is 12.7. The van der Waals surface area contributed by atoms with Gasteiger partial charge in [0.2, 0.25) is 5.91 Å². The fraction of sp³-hybridized carbons (Fsp3) is 0.0690. The molecular weight excluding hydrogens is 512 g/mol. The number of carbonyl (C=O) groups excluding carboxylic acids is 1. The van der Waals surface area contributed by atoms with Gasteiger partial charge in [-0.15, -0.1) is 16.8 Å². The molecule has 9 heteroatoms. The summed E-state index contributed by atoms with van der Waals surface area (Å²) in [6.45, 7) is 4.43. The smallest absolute Gasteiger partial charge is 0.236 e. The van der Waals surface area contributed by atoms with E-state index in [1.807, 2.05) is 83.4 Å². The number of amides is 1. The first-order valence-corrected chi connectivity index (χ1v) is 13.8. The van der Waals surface area contributed by atoms with Crippen molar-refractivity contribution in [1.29, 1.82) is 0 Å². The van der Waals surface area contributed by atoms with E-state index in [0.29, 0.717) is 22.7 Å². The number of benzene rings is 3. The molecule has 0 unspecified atom stereocenters. The molecule has 0 fully saturated rings. The Morgan fingerprint density at radius 1 is 0.947 bits per heavy atom. The van der Waals surface area contributed by atoms with E-state index >= 15 is 0 Å². The third-order valence-corrected chi connectivity index (χ3v) is 7.85. The maximum atomic E-state index is 12.7. The molecule has 6 aromatic rings. The number of nitrogens with one attached hydrogen (secondary N) is 1. The Bertz CT molecular complexity index is 1740. The summed E-state index contributed by atoms with van der Waals surface area (Å²) in [6.07, 6.45) is 1.81. The SMILES string of the molecule is C=CCn1c(SCC(=O)Nc2nc3ccccc3s2)nnc1-c1cc(-c2ccccc2)nc2ccccc12. The van der Waals surface area contributed by atoms with Crippen LogP contribution in [-0.2, 0) is 11.3 Å². The summed E-state index contributed by atoms with van der Waals surface area (Å²) in [5.74, 6) is 0.733. The summed E-state index contributed by atoms with van der Waals surface area (Å²) in [6, 6.07) is 28.0. The maximum Gasteiger partial charge on any atom is 0.236 e. The van der Waals surface area contributed by atoms with Crippen molar-refractivity contribution in [3.8, 4) is 22.6 Å².